The van der Waals surface area contributed by atoms with Crippen molar-refractivity contribution in [3.8, 4) is 0 Å². The average molecular weight is 553 g/mol. The zero-order valence-corrected chi connectivity index (χ0v) is 21.2. The first kappa shape index (κ1) is 26.8. The number of carbonyl (C=O) groups is 2. The number of fused-ring (bicyclic) bond motifs is 1. The van der Waals surface area contributed by atoms with Gasteiger partial charge in [-0.2, -0.15) is 18.3 Å². The van der Waals surface area contributed by atoms with Crippen LogP contribution in [0.15, 0.2) is 60.8 Å². The number of ether oxygens (including phenoxy) is 1. The average Bonchev–Trinajstić information content (AvgIpc) is 2.96. The van der Waals surface area contributed by atoms with E-state index in [0.717, 1.165) is 22.0 Å². The number of benzene rings is 2. The van der Waals surface area contributed by atoms with Crippen molar-refractivity contribution in [2.45, 2.75) is 18.6 Å². The van der Waals surface area contributed by atoms with Gasteiger partial charge in [0.1, 0.15) is 11.6 Å². The van der Waals surface area contributed by atoms with Crippen LogP contribution in [0.25, 0.3) is 10.8 Å². The van der Waals surface area contributed by atoms with Crippen LogP contribution in [0, 0.1) is 0 Å². The molecule has 40 heavy (non-hydrogen) atoms. The quantitative estimate of drug-likeness (QED) is 0.355. The Morgan fingerprint density at radius 2 is 1.73 bits per heavy atom. The van der Waals surface area contributed by atoms with Crippen LogP contribution < -0.4 is 9.80 Å². The standard InChI is InChI=1S/C27H23F3N6O4/c1-40-25(39)21-15-35(11-12-36(21)26-31-14-19(24(37)38)22(32-26)27(28,29)30)23-18-10-6-5-9-17(18)20(33-34-23)13-16-7-3-2-4-8-16/h2-10,14,21H,11-13,15H2,1H3,(H,37,38)/t21-/m0/s1. The summed E-state index contributed by atoms with van der Waals surface area (Å²) in [6, 6.07) is 16.3. The summed E-state index contributed by atoms with van der Waals surface area (Å²) in [4.78, 5) is 34.6. The third-order valence-electron chi connectivity index (χ3n) is 6.64. The van der Waals surface area contributed by atoms with E-state index in [1.165, 1.54) is 12.0 Å². The van der Waals surface area contributed by atoms with E-state index >= 15 is 0 Å². The van der Waals surface area contributed by atoms with Crippen LogP contribution >= 0.6 is 0 Å². The summed E-state index contributed by atoms with van der Waals surface area (Å²) in [6.45, 7) is 0.273. The molecule has 0 aliphatic carbocycles. The molecule has 1 aliphatic heterocycles. The Morgan fingerprint density at radius 1 is 1.02 bits per heavy atom. The minimum absolute atomic E-state index is 0.00519. The maximum absolute atomic E-state index is 13.6. The largest absolute Gasteiger partial charge is 0.478 e. The van der Waals surface area contributed by atoms with Gasteiger partial charge in [-0.3, -0.25) is 0 Å². The number of carbonyl (C=O) groups excluding carboxylic acids is 1. The highest BCUT2D eigenvalue weighted by Gasteiger charge is 2.41. The molecule has 1 fully saturated rings. The number of halogens is 3. The molecular weight excluding hydrogens is 529 g/mol. The van der Waals surface area contributed by atoms with Gasteiger partial charge in [0.2, 0.25) is 5.95 Å². The number of carboxylic acid groups (broad SMARTS) is 1. The van der Waals surface area contributed by atoms with Crippen molar-refractivity contribution < 1.29 is 32.6 Å². The Bertz CT molecular complexity index is 1570. The number of nitrogens with zero attached hydrogens (tertiary/aromatic N) is 6. The number of esters is 1. The number of rotatable bonds is 6. The van der Waals surface area contributed by atoms with Crippen molar-refractivity contribution in [2.24, 2.45) is 0 Å². The second kappa shape index (κ2) is 10.8. The van der Waals surface area contributed by atoms with Crippen molar-refractivity contribution in [2.75, 3.05) is 36.5 Å². The number of aromatic carboxylic acids is 1. The SMILES string of the molecule is COC(=O)[C@@H]1CN(c2nnc(Cc3ccccc3)c3ccccc23)CCN1c1ncc(C(=O)O)c(C(F)(F)F)n1. The highest BCUT2D eigenvalue weighted by Crippen LogP contribution is 2.33. The summed E-state index contributed by atoms with van der Waals surface area (Å²) >= 11 is 0. The summed E-state index contributed by atoms with van der Waals surface area (Å²) < 4.78 is 45.7. The third kappa shape index (κ3) is 5.22. The number of methoxy groups -OCH3 is 1. The summed E-state index contributed by atoms with van der Waals surface area (Å²) in [5.74, 6) is -2.45. The van der Waals surface area contributed by atoms with E-state index in [1.807, 2.05) is 59.5 Å². The molecule has 2 aromatic carbocycles. The molecule has 1 saturated heterocycles. The minimum Gasteiger partial charge on any atom is -0.478 e. The molecular formula is C27H23F3N6O4. The lowest BCUT2D eigenvalue weighted by Crippen LogP contribution is -2.58. The fraction of sp³-hybridized carbons (Fsp3) is 0.259. The maximum atomic E-state index is 13.6. The lowest BCUT2D eigenvalue weighted by Gasteiger charge is -2.40. The highest BCUT2D eigenvalue weighted by molar-refractivity contribution is 5.94. The number of hydrogen-bond donors (Lipinski definition) is 1. The number of hydrogen-bond acceptors (Lipinski definition) is 9. The van der Waals surface area contributed by atoms with Gasteiger partial charge in [-0.1, -0.05) is 54.6 Å². The molecule has 206 valence electrons. The summed E-state index contributed by atoms with van der Waals surface area (Å²) in [5, 5.41) is 19.8. The molecule has 13 heteroatoms. The van der Waals surface area contributed by atoms with Crippen molar-refractivity contribution in [1.82, 2.24) is 20.2 Å². The predicted octanol–water partition coefficient (Wildman–Crippen LogP) is 3.60. The van der Waals surface area contributed by atoms with E-state index in [9.17, 15) is 27.9 Å². The Labute approximate surface area is 226 Å². The van der Waals surface area contributed by atoms with E-state index in [0.29, 0.717) is 18.4 Å². The number of alkyl halides is 3. The van der Waals surface area contributed by atoms with E-state index in [2.05, 4.69) is 20.2 Å². The van der Waals surface area contributed by atoms with Crippen LogP contribution in [-0.4, -0.2) is 70.0 Å². The number of carboxylic acids is 1. The molecule has 0 bridgehead atoms. The van der Waals surface area contributed by atoms with Gasteiger partial charge >= 0.3 is 18.1 Å². The number of aromatic nitrogens is 4. The van der Waals surface area contributed by atoms with Gasteiger partial charge in [0, 0.05) is 36.5 Å². The second-order valence-electron chi connectivity index (χ2n) is 9.09. The fourth-order valence-corrected chi connectivity index (χ4v) is 4.73. The Morgan fingerprint density at radius 3 is 2.40 bits per heavy atom. The first-order valence-electron chi connectivity index (χ1n) is 12.2. The molecule has 0 spiro atoms. The predicted molar refractivity (Wildman–Crippen MR) is 138 cm³/mol. The molecule has 0 radical (unpaired) electrons. The molecule has 1 N–H and O–H groups in total. The van der Waals surface area contributed by atoms with Gasteiger partial charge in [-0.15, -0.1) is 5.10 Å². The first-order valence-corrected chi connectivity index (χ1v) is 12.2. The highest BCUT2D eigenvalue weighted by atomic mass is 19.4. The van der Waals surface area contributed by atoms with Crippen LogP contribution in [0.5, 0.6) is 0 Å². The van der Waals surface area contributed by atoms with E-state index in [4.69, 9.17) is 4.74 Å². The zero-order chi connectivity index (χ0) is 28.4. The fourth-order valence-electron chi connectivity index (χ4n) is 4.73. The molecule has 0 amide bonds. The molecule has 2 aromatic heterocycles. The van der Waals surface area contributed by atoms with Gasteiger partial charge in [0.25, 0.3) is 0 Å². The molecule has 4 aromatic rings. The maximum Gasteiger partial charge on any atom is 0.434 e. The summed E-state index contributed by atoms with van der Waals surface area (Å²) in [5.41, 5.74) is -0.828. The molecule has 5 rings (SSSR count). The monoisotopic (exact) mass is 552 g/mol. The zero-order valence-electron chi connectivity index (χ0n) is 21.2. The smallest absolute Gasteiger partial charge is 0.434 e. The van der Waals surface area contributed by atoms with Crippen LogP contribution in [0.4, 0.5) is 24.9 Å². The van der Waals surface area contributed by atoms with Gasteiger partial charge in [0.15, 0.2) is 11.5 Å². The van der Waals surface area contributed by atoms with Gasteiger partial charge in [0.05, 0.1) is 19.3 Å². The molecule has 10 nitrogen and oxygen atoms in total. The van der Waals surface area contributed by atoms with Crippen LogP contribution in [0.2, 0.25) is 0 Å². The first-order chi connectivity index (χ1) is 19.2. The van der Waals surface area contributed by atoms with E-state index < -0.39 is 41.4 Å². The Kier molecular flexibility index (Phi) is 7.20. The van der Waals surface area contributed by atoms with Gasteiger partial charge in [-0.05, 0) is 5.56 Å². The van der Waals surface area contributed by atoms with Gasteiger partial charge in [-0.25, -0.2) is 19.6 Å². The molecule has 0 unspecified atom stereocenters. The van der Waals surface area contributed by atoms with E-state index in [1.54, 1.807) is 0 Å². The molecule has 3 heterocycles. The third-order valence-corrected chi connectivity index (χ3v) is 6.64. The molecule has 1 atom stereocenters. The van der Waals surface area contributed by atoms with Crippen molar-refractivity contribution in [3.05, 3.63) is 83.3 Å². The summed E-state index contributed by atoms with van der Waals surface area (Å²) in [6.07, 6.45) is -3.87. The van der Waals surface area contributed by atoms with Crippen LogP contribution in [0.1, 0.15) is 27.3 Å². The molecule has 0 saturated carbocycles. The van der Waals surface area contributed by atoms with E-state index in [-0.39, 0.29) is 19.6 Å². The Balaban J connectivity index is 1.49. The number of anilines is 2. The Hall–Kier alpha value is -4.81. The van der Waals surface area contributed by atoms with Crippen LogP contribution in [0.3, 0.4) is 0 Å². The summed E-state index contributed by atoms with van der Waals surface area (Å²) in [7, 11) is 1.17. The molecule has 1 aliphatic rings. The lowest BCUT2D eigenvalue weighted by atomic mass is 10.0. The van der Waals surface area contributed by atoms with Crippen molar-refractivity contribution in [1.29, 1.82) is 0 Å². The lowest BCUT2D eigenvalue weighted by molar-refractivity contribution is -0.142. The van der Waals surface area contributed by atoms with Crippen LogP contribution in [-0.2, 0) is 22.1 Å². The van der Waals surface area contributed by atoms with Gasteiger partial charge < -0.3 is 19.6 Å². The van der Waals surface area contributed by atoms with Crippen molar-refractivity contribution in [3.63, 3.8) is 0 Å². The minimum atomic E-state index is -5.04. The second-order valence-corrected chi connectivity index (χ2v) is 9.09. The normalized spacial score (nSPS) is 15.8. The van der Waals surface area contributed by atoms with Crippen molar-refractivity contribution >= 4 is 34.5 Å². The topological polar surface area (TPSA) is 122 Å². The number of piperazine rings is 1.